The van der Waals surface area contributed by atoms with Gasteiger partial charge in [-0.15, -0.1) is 0 Å². The molecule has 2 saturated heterocycles. The predicted molar refractivity (Wildman–Crippen MR) is 118 cm³/mol. The molecule has 2 aliphatic rings. The van der Waals surface area contributed by atoms with E-state index >= 15 is 0 Å². The topological polar surface area (TPSA) is 61.2 Å². The Morgan fingerprint density at radius 1 is 0.938 bits per heavy atom. The summed E-state index contributed by atoms with van der Waals surface area (Å²) in [5.41, 5.74) is 3.04. The molecule has 32 heavy (non-hydrogen) atoms. The van der Waals surface area contributed by atoms with Gasteiger partial charge in [0, 0.05) is 44.0 Å². The number of nitrogens with zero attached hydrogens (tertiary/aromatic N) is 3. The Bertz CT molecular complexity index is 1190. The van der Waals surface area contributed by atoms with E-state index in [4.69, 9.17) is 4.74 Å². The lowest BCUT2D eigenvalue weighted by Crippen LogP contribution is -2.58. The van der Waals surface area contributed by atoms with Crippen LogP contribution in [0.15, 0.2) is 54.9 Å². The monoisotopic (exact) mass is 432 g/mol. The molecule has 5 rings (SSSR count). The summed E-state index contributed by atoms with van der Waals surface area (Å²) in [6, 6.07) is 13.2. The summed E-state index contributed by atoms with van der Waals surface area (Å²) in [6.07, 6.45) is 5.36. The molecule has 0 amide bonds. The summed E-state index contributed by atoms with van der Waals surface area (Å²) >= 11 is 0. The van der Waals surface area contributed by atoms with Gasteiger partial charge in [0.15, 0.2) is 11.6 Å². The van der Waals surface area contributed by atoms with Crippen molar-refractivity contribution in [2.45, 2.75) is 12.8 Å². The van der Waals surface area contributed by atoms with Crippen LogP contribution < -0.4 is 15.0 Å². The van der Waals surface area contributed by atoms with E-state index in [9.17, 15) is 14.0 Å². The lowest BCUT2D eigenvalue weighted by Gasteiger charge is -2.49. The van der Waals surface area contributed by atoms with Crippen molar-refractivity contribution in [3.05, 3.63) is 72.1 Å². The molecule has 1 aromatic heterocycles. The SMILES string of the molecule is N#Cc1cc(Oc2cncc(-c3ccc(F)c(F)c3)c2)ccc1N1CCC2(CC1)CNC2. The Morgan fingerprint density at radius 2 is 1.75 bits per heavy atom. The van der Waals surface area contributed by atoms with Crippen molar-refractivity contribution >= 4 is 5.69 Å². The van der Waals surface area contributed by atoms with Crippen LogP contribution in [0.25, 0.3) is 11.1 Å². The number of ether oxygens (including phenoxy) is 1. The van der Waals surface area contributed by atoms with Crippen LogP contribution in [0.1, 0.15) is 18.4 Å². The Kier molecular flexibility index (Phi) is 5.24. The van der Waals surface area contributed by atoms with Gasteiger partial charge >= 0.3 is 0 Å². The summed E-state index contributed by atoms with van der Waals surface area (Å²) in [5, 5.41) is 13.1. The quantitative estimate of drug-likeness (QED) is 0.637. The van der Waals surface area contributed by atoms with E-state index in [2.05, 4.69) is 21.3 Å². The van der Waals surface area contributed by atoms with Crippen molar-refractivity contribution in [2.24, 2.45) is 5.41 Å². The highest BCUT2D eigenvalue weighted by Crippen LogP contribution is 2.38. The summed E-state index contributed by atoms with van der Waals surface area (Å²) in [4.78, 5) is 6.43. The highest BCUT2D eigenvalue weighted by Gasteiger charge is 2.39. The number of anilines is 1. The molecule has 162 valence electrons. The van der Waals surface area contributed by atoms with Crippen LogP contribution in [0.5, 0.6) is 11.5 Å². The zero-order chi connectivity index (χ0) is 22.1. The van der Waals surface area contributed by atoms with Crippen molar-refractivity contribution in [1.82, 2.24) is 10.3 Å². The molecule has 1 spiro atoms. The highest BCUT2D eigenvalue weighted by atomic mass is 19.2. The maximum absolute atomic E-state index is 13.6. The summed E-state index contributed by atoms with van der Waals surface area (Å²) in [5.74, 6) is -0.848. The number of hydrogen-bond donors (Lipinski definition) is 1. The largest absolute Gasteiger partial charge is 0.456 e. The first-order valence-corrected chi connectivity index (χ1v) is 10.6. The lowest BCUT2D eigenvalue weighted by molar-refractivity contribution is 0.126. The maximum atomic E-state index is 13.6. The Balaban J connectivity index is 1.34. The number of halogens is 2. The molecule has 2 aliphatic heterocycles. The third kappa shape index (κ3) is 3.90. The van der Waals surface area contributed by atoms with Crippen molar-refractivity contribution in [3.63, 3.8) is 0 Å². The van der Waals surface area contributed by atoms with Crippen molar-refractivity contribution in [1.29, 1.82) is 5.26 Å². The average Bonchev–Trinajstić information content (AvgIpc) is 2.80. The Morgan fingerprint density at radius 3 is 2.44 bits per heavy atom. The van der Waals surface area contributed by atoms with E-state index in [0.717, 1.165) is 56.8 Å². The van der Waals surface area contributed by atoms with E-state index in [1.165, 1.54) is 6.07 Å². The number of hydrogen-bond acceptors (Lipinski definition) is 5. The molecule has 0 radical (unpaired) electrons. The minimum Gasteiger partial charge on any atom is -0.456 e. The minimum atomic E-state index is -0.916. The number of piperidine rings is 1. The van der Waals surface area contributed by atoms with Crippen molar-refractivity contribution in [2.75, 3.05) is 31.1 Å². The molecule has 0 saturated carbocycles. The number of aromatic nitrogens is 1. The number of nitrogens with one attached hydrogen (secondary N) is 1. The van der Waals surface area contributed by atoms with Crippen LogP contribution in [-0.4, -0.2) is 31.2 Å². The molecule has 0 atom stereocenters. The van der Waals surface area contributed by atoms with E-state index in [1.54, 1.807) is 24.5 Å². The van der Waals surface area contributed by atoms with Gasteiger partial charge in [0.25, 0.3) is 0 Å². The van der Waals surface area contributed by atoms with Crippen LogP contribution in [0.3, 0.4) is 0 Å². The molecule has 0 unspecified atom stereocenters. The summed E-state index contributed by atoms with van der Waals surface area (Å²) in [7, 11) is 0. The standard InChI is InChI=1S/C25H22F2N4O/c26-22-3-1-17(11-23(22)27)19-10-21(14-29-13-19)32-20-2-4-24(18(9-20)12-28)31-7-5-25(6-8-31)15-30-16-25/h1-4,9-11,13-14,30H,5-8,15-16H2. The van der Waals surface area contributed by atoms with Crippen molar-refractivity contribution < 1.29 is 13.5 Å². The van der Waals surface area contributed by atoms with Crippen LogP contribution in [0, 0.1) is 28.4 Å². The first kappa shape index (κ1) is 20.4. The highest BCUT2D eigenvalue weighted by molar-refractivity contribution is 5.65. The second-order valence-electron chi connectivity index (χ2n) is 8.52. The fourth-order valence-corrected chi connectivity index (χ4v) is 4.44. The molecule has 7 heteroatoms. The Labute approximate surface area is 185 Å². The van der Waals surface area contributed by atoms with E-state index < -0.39 is 11.6 Å². The van der Waals surface area contributed by atoms with Gasteiger partial charge in [0.2, 0.25) is 0 Å². The lowest BCUT2D eigenvalue weighted by atomic mass is 9.73. The van der Waals surface area contributed by atoms with E-state index in [0.29, 0.717) is 33.6 Å². The second kappa shape index (κ2) is 8.21. The van der Waals surface area contributed by atoms with Gasteiger partial charge in [-0.25, -0.2) is 8.78 Å². The summed E-state index contributed by atoms with van der Waals surface area (Å²) < 4.78 is 32.8. The third-order valence-electron chi connectivity index (χ3n) is 6.46. The van der Waals surface area contributed by atoms with Crippen LogP contribution in [-0.2, 0) is 0 Å². The molecule has 3 aromatic rings. The van der Waals surface area contributed by atoms with E-state index in [-0.39, 0.29) is 0 Å². The molecule has 0 aliphatic carbocycles. The van der Waals surface area contributed by atoms with Gasteiger partial charge < -0.3 is 15.0 Å². The van der Waals surface area contributed by atoms with Gasteiger partial charge in [-0.1, -0.05) is 6.07 Å². The first-order valence-electron chi connectivity index (χ1n) is 10.6. The second-order valence-corrected chi connectivity index (χ2v) is 8.52. The van der Waals surface area contributed by atoms with Crippen LogP contribution in [0.2, 0.25) is 0 Å². The average molecular weight is 432 g/mol. The maximum Gasteiger partial charge on any atom is 0.159 e. The summed E-state index contributed by atoms with van der Waals surface area (Å²) in [6.45, 7) is 4.07. The fourth-order valence-electron chi connectivity index (χ4n) is 4.44. The molecule has 0 bridgehead atoms. The molecular weight excluding hydrogens is 410 g/mol. The predicted octanol–water partition coefficient (Wildman–Crippen LogP) is 4.88. The first-order chi connectivity index (χ1) is 15.5. The number of benzene rings is 2. The van der Waals surface area contributed by atoms with Gasteiger partial charge in [-0.05, 0) is 54.2 Å². The molecule has 3 heterocycles. The number of nitriles is 1. The number of rotatable bonds is 4. The molecule has 2 fully saturated rings. The minimum absolute atomic E-state index is 0.442. The molecular formula is C25H22F2N4O. The van der Waals surface area contributed by atoms with Gasteiger partial charge in [0.05, 0.1) is 17.4 Å². The van der Waals surface area contributed by atoms with Crippen molar-refractivity contribution in [3.8, 4) is 28.7 Å². The van der Waals surface area contributed by atoms with Gasteiger partial charge in [0.1, 0.15) is 17.6 Å². The van der Waals surface area contributed by atoms with Crippen LogP contribution >= 0.6 is 0 Å². The van der Waals surface area contributed by atoms with Crippen LogP contribution in [0.4, 0.5) is 14.5 Å². The molecule has 2 aromatic carbocycles. The smallest absolute Gasteiger partial charge is 0.159 e. The zero-order valence-corrected chi connectivity index (χ0v) is 17.4. The molecule has 5 nitrogen and oxygen atoms in total. The molecule has 1 N–H and O–H groups in total. The third-order valence-corrected chi connectivity index (χ3v) is 6.46. The zero-order valence-electron chi connectivity index (χ0n) is 17.4. The normalized spacial score (nSPS) is 17.0. The van der Waals surface area contributed by atoms with Gasteiger partial charge in [-0.3, -0.25) is 4.98 Å². The number of pyridine rings is 1. The van der Waals surface area contributed by atoms with Gasteiger partial charge in [-0.2, -0.15) is 5.26 Å². The Hall–Kier alpha value is -3.50. The fraction of sp³-hybridized carbons (Fsp3) is 0.280. The van der Waals surface area contributed by atoms with E-state index in [1.807, 2.05) is 12.1 Å².